The summed E-state index contributed by atoms with van der Waals surface area (Å²) in [6.07, 6.45) is 3.91. The number of benzene rings is 7. The minimum atomic E-state index is 0.373. The third-order valence-corrected chi connectivity index (χ3v) is 9.99. The molecular weight excluding hydrogens is 663 g/mol. The lowest BCUT2D eigenvalue weighted by Gasteiger charge is -2.17. The van der Waals surface area contributed by atoms with E-state index in [0.717, 1.165) is 88.7 Å². The standard InChI is InChI=1S/C48H31N5O/c49-46-41(53-52-36-15-5-2-6-16-36)26-24-31-21-22-33-28-34(23-25-37(33)45(31)46)42-29-43(40-19-10-18-39-38-17-7-8-20-44(38)54-47(39)40)51-48(50-42)35-14-9-13-32(27-35)30-11-3-1-4-12-30/h1-29,49,52H/b49-46?,53-41-. The van der Waals surface area contributed by atoms with Crippen LogP contribution in [-0.2, 0) is 0 Å². The van der Waals surface area contributed by atoms with Gasteiger partial charge in [-0.2, -0.15) is 5.10 Å². The van der Waals surface area contributed by atoms with E-state index in [1.807, 2.05) is 66.7 Å². The van der Waals surface area contributed by atoms with Crippen LogP contribution < -0.4 is 5.43 Å². The molecule has 2 aromatic heterocycles. The summed E-state index contributed by atoms with van der Waals surface area (Å²) >= 11 is 0. The van der Waals surface area contributed by atoms with Gasteiger partial charge in [0, 0.05) is 33.0 Å². The Hall–Kier alpha value is -7.44. The molecule has 254 valence electrons. The zero-order chi connectivity index (χ0) is 36.0. The first-order chi connectivity index (χ1) is 26.7. The molecule has 1 aliphatic carbocycles. The Morgan fingerprint density at radius 1 is 0.537 bits per heavy atom. The number of anilines is 1. The zero-order valence-electron chi connectivity index (χ0n) is 29.0. The summed E-state index contributed by atoms with van der Waals surface area (Å²) in [7, 11) is 0. The molecule has 10 rings (SSSR count). The largest absolute Gasteiger partial charge is 0.455 e. The van der Waals surface area contributed by atoms with Gasteiger partial charge in [-0.1, -0.05) is 127 Å². The Bertz CT molecular complexity index is 2980. The lowest BCUT2D eigenvalue weighted by molar-refractivity contribution is 0.670. The van der Waals surface area contributed by atoms with Crippen LogP contribution in [0.5, 0.6) is 0 Å². The fourth-order valence-electron chi connectivity index (χ4n) is 7.31. The Morgan fingerprint density at radius 2 is 1.28 bits per heavy atom. The molecular formula is C48H31N5O. The van der Waals surface area contributed by atoms with Gasteiger partial charge in [-0.25, -0.2) is 9.97 Å². The molecule has 2 N–H and O–H groups in total. The smallest absolute Gasteiger partial charge is 0.160 e. The number of nitrogens with one attached hydrogen (secondary N) is 2. The number of rotatable bonds is 6. The van der Waals surface area contributed by atoms with Crippen LogP contribution in [-0.4, -0.2) is 21.4 Å². The van der Waals surface area contributed by atoms with E-state index in [9.17, 15) is 5.41 Å². The number of hydrogen-bond donors (Lipinski definition) is 2. The van der Waals surface area contributed by atoms with Crippen molar-refractivity contribution < 1.29 is 4.42 Å². The first-order valence-corrected chi connectivity index (χ1v) is 17.9. The predicted octanol–water partition coefficient (Wildman–Crippen LogP) is 12.1. The monoisotopic (exact) mass is 693 g/mol. The molecule has 1 aliphatic rings. The van der Waals surface area contributed by atoms with Crippen molar-refractivity contribution in [3.05, 3.63) is 181 Å². The lowest BCUT2D eigenvalue weighted by atomic mass is 9.88. The minimum Gasteiger partial charge on any atom is -0.455 e. The Kier molecular flexibility index (Phi) is 7.51. The molecule has 0 saturated carbocycles. The van der Waals surface area contributed by atoms with Crippen molar-refractivity contribution in [2.24, 2.45) is 5.10 Å². The number of fused-ring (bicyclic) bond motifs is 6. The van der Waals surface area contributed by atoms with Gasteiger partial charge in [-0.3, -0.25) is 10.8 Å². The van der Waals surface area contributed by atoms with Crippen LogP contribution >= 0.6 is 0 Å². The molecule has 0 atom stereocenters. The van der Waals surface area contributed by atoms with Crippen molar-refractivity contribution in [3.8, 4) is 45.0 Å². The van der Waals surface area contributed by atoms with Gasteiger partial charge in [0.15, 0.2) is 5.82 Å². The number of hydrazone groups is 1. The molecule has 6 nitrogen and oxygen atoms in total. The fraction of sp³-hybridized carbons (Fsp3) is 0. The highest BCUT2D eigenvalue weighted by Crippen LogP contribution is 2.38. The Balaban J connectivity index is 1.11. The molecule has 7 aromatic carbocycles. The van der Waals surface area contributed by atoms with E-state index < -0.39 is 0 Å². The number of hydrogen-bond acceptors (Lipinski definition) is 6. The van der Waals surface area contributed by atoms with Gasteiger partial charge in [-0.15, -0.1) is 0 Å². The molecule has 0 unspecified atom stereocenters. The molecule has 2 heterocycles. The minimum absolute atomic E-state index is 0.373. The van der Waals surface area contributed by atoms with Crippen molar-refractivity contribution in [1.82, 2.24) is 9.97 Å². The highest BCUT2D eigenvalue weighted by molar-refractivity contribution is 6.55. The maximum Gasteiger partial charge on any atom is 0.160 e. The lowest BCUT2D eigenvalue weighted by Crippen LogP contribution is -2.18. The van der Waals surface area contributed by atoms with Gasteiger partial charge in [0.25, 0.3) is 0 Å². The summed E-state index contributed by atoms with van der Waals surface area (Å²) in [6, 6.07) is 55.4. The number of furan rings is 1. The summed E-state index contributed by atoms with van der Waals surface area (Å²) in [5.41, 5.74) is 14.9. The molecule has 0 saturated heterocycles. The van der Waals surface area contributed by atoms with Gasteiger partial charge in [-0.05, 0) is 76.0 Å². The van der Waals surface area contributed by atoms with E-state index in [4.69, 9.17) is 14.4 Å². The fourth-order valence-corrected chi connectivity index (χ4v) is 7.31. The molecule has 0 radical (unpaired) electrons. The van der Waals surface area contributed by atoms with Crippen LogP contribution in [0.2, 0.25) is 0 Å². The summed E-state index contributed by atoms with van der Waals surface area (Å²) in [4.78, 5) is 10.4. The summed E-state index contributed by atoms with van der Waals surface area (Å²) < 4.78 is 6.48. The molecule has 0 spiro atoms. The van der Waals surface area contributed by atoms with Crippen LogP contribution in [0, 0.1) is 5.41 Å². The van der Waals surface area contributed by atoms with Gasteiger partial charge >= 0.3 is 0 Å². The van der Waals surface area contributed by atoms with Gasteiger partial charge < -0.3 is 4.42 Å². The van der Waals surface area contributed by atoms with E-state index in [-0.39, 0.29) is 0 Å². The predicted molar refractivity (Wildman–Crippen MR) is 222 cm³/mol. The van der Waals surface area contributed by atoms with E-state index >= 15 is 0 Å². The maximum atomic E-state index is 9.17. The van der Waals surface area contributed by atoms with Gasteiger partial charge in [0.05, 0.1) is 22.8 Å². The second-order valence-corrected chi connectivity index (χ2v) is 13.3. The van der Waals surface area contributed by atoms with Crippen molar-refractivity contribution in [2.75, 3.05) is 5.43 Å². The van der Waals surface area contributed by atoms with Crippen molar-refractivity contribution in [2.45, 2.75) is 0 Å². The van der Waals surface area contributed by atoms with Crippen LogP contribution in [0.3, 0.4) is 0 Å². The summed E-state index contributed by atoms with van der Waals surface area (Å²) in [6.45, 7) is 0. The molecule has 54 heavy (non-hydrogen) atoms. The second-order valence-electron chi connectivity index (χ2n) is 13.3. The van der Waals surface area contributed by atoms with Crippen molar-refractivity contribution in [3.63, 3.8) is 0 Å². The van der Waals surface area contributed by atoms with E-state index in [1.54, 1.807) is 0 Å². The van der Waals surface area contributed by atoms with Crippen molar-refractivity contribution >= 4 is 55.9 Å². The average molecular weight is 694 g/mol. The molecule has 0 fully saturated rings. The maximum absolute atomic E-state index is 9.17. The zero-order valence-corrected chi connectivity index (χ0v) is 29.0. The second kappa shape index (κ2) is 13.0. The number of para-hydroxylation sites is 3. The first kappa shape index (κ1) is 31.3. The number of allylic oxidation sites excluding steroid dienone is 1. The van der Waals surface area contributed by atoms with E-state index in [1.165, 1.54) is 0 Å². The SMILES string of the molecule is N=C1/C(=N\Nc2ccccc2)C=Cc2ccc3cc(-c4cc(-c5cccc6c5oc5ccccc56)nc(-c5cccc(-c6ccccc6)c5)n4)ccc3c21. The topological polar surface area (TPSA) is 87.2 Å². The quantitative estimate of drug-likeness (QED) is 0.170. The van der Waals surface area contributed by atoms with Crippen LogP contribution in [0.15, 0.2) is 179 Å². The summed E-state index contributed by atoms with van der Waals surface area (Å²) in [5, 5.41) is 17.9. The molecule has 0 aliphatic heterocycles. The van der Waals surface area contributed by atoms with Crippen molar-refractivity contribution in [1.29, 1.82) is 5.41 Å². The van der Waals surface area contributed by atoms with Gasteiger partial charge in [0.2, 0.25) is 0 Å². The van der Waals surface area contributed by atoms with E-state index in [2.05, 4.69) is 120 Å². The first-order valence-electron chi connectivity index (χ1n) is 17.9. The summed E-state index contributed by atoms with van der Waals surface area (Å²) in [5.74, 6) is 0.623. The average Bonchev–Trinajstić information content (AvgIpc) is 3.63. The molecule has 0 bridgehead atoms. The molecule has 9 aromatic rings. The van der Waals surface area contributed by atoms with E-state index in [0.29, 0.717) is 17.2 Å². The van der Waals surface area contributed by atoms with Crippen LogP contribution in [0.25, 0.3) is 83.8 Å². The Labute approximate surface area is 311 Å². The van der Waals surface area contributed by atoms with Gasteiger partial charge in [0.1, 0.15) is 16.9 Å². The number of aromatic nitrogens is 2. The number of nitrogens with zero attached hydrogens (tertiary/aromatic N) is 3. The highest BCUT2D eigenvalue weighted by Gasteiger charge is 2.21. The van der Waals surface area contributed by atoms with Crippen LogP contribution in [0.4, 0.5) is 5.69 Å². The Morgan fingerprint density at radius 3 is 2.17 bits per heavy atom. The molecule has 6 heteroatoms. The normalized spacial score (nSPS) is 13.2. The third kappa shape index (κ3) is 5.54. The van der Waals surface area contributed by atoms with Crippen LogP contribution in [0.1, 0.15) is 11.1 Å². The third-order valence-electron chi connectivity index (χ3n) is 9.99. The highest BCUT2D eigenvalue weighted by atomic mass is 16.3. The molecule has 0 amide bonds.